The molecule has 0 amide bonds. The van der Waals surface area contributed by atoms with Crippen molar-refractivity contribution in [1.82, 2.24) is 9.97 Å². The van der Waals surface area contributed by atoms with Crippen molar-refractivity contribution >= 4 is 16.7 Å². The fourth-order valence-corrected chi connectivity index (χ4v) is 1.62. The molecule has 1 unspecified atom stereocenters. The highest BCUT2D eigenvalue weighted by Gasteiger charge is 2.09. The van der Waals surface area contributed by atoms with Gasteiger partial charge in [-0.15, -0.1) is 0 Å². The number of H-pyrrole nitrogens is 1. The van der Waals surface area contributed by atoms with Gasteiger partial charge in [-0.05, 0) is 24.6 Å². The van der Waals surface area contributed by atoms with E-state index in [0.29, 0.717) is 6.04 Å². The quantitative estimate of drug-likeness (QED) is 0.705. The van der Waals surface area contributed by atoms with Crippen LogP contribution in [0.2, 0.25) is 0 Å². The van der Waals surface area contributed by atoms with Gasteiger partial charge in [-0.3, -0.25) is 0 Å². The molecule has 70 valence electrons. The Bertz CT molecular complexity index is 484. The second kappa shape index (κ2) is 2.87. The maximum absolute atomic E-state index is 4.18. The van der Waals surface area contributed by atoms with Gasteiger partial charge in [0, 0.05) is 11.7 Å². The van der Waals surface area contributed by atoms with Crippen LogP contribution in [0.3, 0.4) is 0 Å². The van der Waals surface area contributed by atoms with Crippen molar-refractivity contribution in [2.75, 3.05) is 5.32 Å². The number of anilines is 1. The molecular formula is C11H11N3. The molecule has 1 heterocycles. The Morgan fingerprint density at radius 1 is 1.43 bits per heavy atom. The predicted molar refractivity (Wildman–Crippen MR) is 57.3 cm³/mol. The first-order valence-electron chi connectivity index (χ1n) is 4.78. The third kappa shape index (κ3) is 1.18. The zero-order valence-electron chi connectivity index (χ0n) is 7.70. The fourth-order valence-electron chi connectivity index (χ4n) is 1.62. The number of fused-ring (bicyclic) bond motifs is 1. The highest BCUT2D eigenvalue weighted by molar-refractivity contribution is 5.78. The molecule has 3 nitrogen and oxygen atoms in total. The van der Waals surface area contributed by atoms with E-state index in [1.807, 2.05) is 6.07 Å². The number of aromatic nitrogens is 2. The minimum atomic E-state index is 0.510. The summed E-state index contributed by atoms with van der Waals surface area (Å²) in [7, 11) is 0. The van der Waals surface area contributed by atoms with Gasteiger partial charge in [0.05, 0.1) is 17.4 Å². The Hall–Kier alpha value is -1.77. The lowest BCUT2D eigenvalue weighted by Crippen LogP contribution is -2.20. The van der Waals surface area contributed by atoms with E-state index in [2.05, 4.69) is 39.6 Å². The monoisotopic (exact) mass is 185 g/mol. The van der Waals surface area contributed by atoms with Crippen LogP contribution in [0, 0.1) is 0 Å². The molecule has 2 N–H and O–H groups in total. The van der Waals surface area contributed by atoms with Crippen molar-refractivity contribution in [3.63, 3.8) is 0 Å². The summed E-state index contributed by atoms with van der Waals surface area (Å²) in [5.41, 5.74) is 3.24. The number of hydrogen-bond donors (Lipinski definition) is 2. The average molecular weight is 185 g/mol. The van der Waals surface area contributed by atoms with Crippen LogP contribution in [0.1, 0.15) is 6.42 Å². The van der Waals surface area contributed by atoms with Crippen LogP contribution in [-0.4, -0.2) is 16.0 Å². The largest absolute Gasteiger partial charge is 0.378 e. The molecule has 1 aromatic heterocycles. The van der Waals surface area contributed by atoms with Crippen LogP contribution in [0.4, 0.5) is 5.69 Å². The van der Waals surface area contributed by atoms with Crippen LogP contribution in [-0.2, 0) is 0 Å². The van der Waals surface area contributed by atoms with Crippen LogP contribution in [0.25, 0.3) is 11.0 Å². The zero-order chi connectivity index (χ0) is 9.38. The summed E-state index contributed by atoms with van der Waals surface area (Å²) in [4.78, 5) is 7.28. The van der Waals surface area contributed by atoms with Gasteiger partial charge in [0.1, 0.15) is 0 Å². The van der Waals surface area contributed by atoms with E-state index in [1.165, 1.54) is 0 Å². The second-order valence-electron chi connectivity index (χ2n) is 3.55. The molecule has 2 aromatic rings. The molecule has 0 bridgehead atoms. The minimum absolute atomic E-state index is 0.510. The molecule has 3 heteroatoms. The number of rotatable bonds is 2. The number of benzene rings is 1. The van der Waals surface area contributed by atoms with E-state index in [4.69, 9.17) is 0 Å². The number of aromatic amines is 1. The lowest BCUT2D eigenvalue weighted by atomic mass is 10.0. The second-order valence-corrected chi connectivity index (χ2v) is 3.55. The molecule has 0 saturated heterocycles. The SMILES string of the molecule is C1=CC(Nc2ccc3nc[nH]c3c2)C1. The third-order valence-electron chi connectivity index (χ3n) is 2.53. The van der Waals surface area contributed by atoms with E-state index < -0.39 is 0 Å². The van der Waals surface area contributed by atoms with Crippen LogP contribution >= 0.6 is 0 Å². The lowest BCUT2D eigenvalue weighted by molar-refractivity contribution is 0.824. The maximum Gasteiger partial charge on any atom is 0.0931 e. The minimum Gasteiger partial charge on any atom is -0.378 e. The van der Waals surface area contributed by atoms with Gasteiger partial charge in [-0.1, -0.05) is 12.2 Å². The van der Waals surface area contributed by atoms with Crippen molar-refractivity contribution in [2.45, 2.75) is 12.5 Å². The summed E-state index contributed by atoms with van der Waals surface area (Å²) >= 11 is 0. The molecule has 1 aliphatic carbocycles. The highest BCUT2D eigenvalue weighted by Crippen LogP contribution is 2.19. The Morgan fingerprint density at radius 3 is 3.14 bits per heavy atom. The van der Waals surface area contributed by atoms with Crippen molar-refractivity contribution in [3.05, 3.63) is 36.7 Å². The van der Waals surface area contributed by atoms with Gasteiger partial charge >= 0.3 is 0 Å². The Labute approximate surface area is 81.9 Å². The number of nitrogens with zero attached hydrogens (tertiary/aromatic N) is 1. The molecule has 14 heavy (non-hydrogen) atoms. The zero-order valence-corrected chi connectivity index (χ0v) is 7.70. The molecule has 0 spiro atoms. The van der Waals surface area contributed by atoms with Crippen LogP contribution in [0.15, 0.2) is 36.7 Å². The van der Waals surface area contributed by atoms with Gasteiger partial charge in [0.25, 0.3) is 0 Å². The van der Waals surface area contributed by atoms with E-state index in [1.54, 1.807) is 6.33 Å². The predicted octanol–water partition coefficient (Wildman–Crippen LogP) is 2.30. The normalized spacial score (nSPS) is 19.6. The van der Waals surface area contributed by atoms with E-state index in [9.17, 15) is 0 Å². The van der Waals surface area contributed by atoms with Crippen LogP contribution < -0.4 is 5.32 Å². The van der Waals surface area contributed by atoms with Crippen molar-refractivity contribution in [3.8, 4) is 0 Å². The fraction of sp³-hybridized carbons (Fsp3) is 0.182. The van der Waals surface area contributed by atoms with E-state index >= 15 is 0 Å². The molecular weight excluding hydrogens is 174 g/mol. The van der Waals surface area contributed by atoms with E-state index in [-0.39, 0.29) is 0 Å². The highest BCUT2D eigenvalue weighted by atomic mass is 14.9. The molecule has 1 aliphatic rings. The van der Waals surface area contributed by atoms with Gasteiger partial charge in [-0.2, -0.15) is 0 Å². The van der Waals surface area contributed by atoms with Crippen LogP contribution in [0.5, 0.6) is 0 Å². The molecule has 0 radical (unpaired) electrons. The van der Waals surface area contributed by atoms with E-state index in [0.717, 1.165) is 23.1 Å². The summed E-state index contributed by atoms with van der Waals surface area (Å²) in [6, 6.07) is 6.69. The third-order valence-corrected chi connectivity index (χ3v) is 2.53. The Kier molecular flexibility index (Phi) is 1.56. The molecule has 0 fully saturated rings. The molecule has 1 aromatic carbocycles. The standard InChI is InChI=1S/C11H11N3/c1-2-8(3-1)14-9-4-5-10-11(6-9)13-7-12-10/h1-2,4-8,14H,3H2,(H,12,13). The van der Waals surface area contributed by atoms with Crippen molar-refractivity contribution in [2.24, 2.45) is 0 Å². The summed E-state index contributed by atoms with van der Waals surface area (Å²) in [6.07, 6.45) is 7.20. The lowest BCUT2D eigenvalue weighted by Gasteiger charge is -2.20. The molecule has 3 rings (SSSR count). The Balaban J connectivity index is 1.92. The van der Waals surface area contributed by atoms with Gasteiger partial charge in [0.2, 0.25) is 0 Å². The molecule has 0 saturated carbocycles. The van der Waals surface area contributed by atoms with Gasteiger partial charge < -0.3 is 10.3 Å². The molecule has 0 aliphatic heterocycles. The topological polar surface area (TPSA) is 40.7 Å². The van der Waals surface area contributed by atoms with Crippen molar-refractivity contribution < 1.29 is 0 Å². The number of hydrogen-bond acceptors (Lipinski definition) is 2. The average Bonchev–Trinajstić information content (AvgIpc) is 2.58. The summed E-state index contributed by atoms with van der Waals surface area (Å²) in [6.45, 7) is 0. The first-order valence-corrected chi connectivity index (χ1v) is 4.78. The first kappa shape index (κ1) is 7.62. The molecule has 1 atom stereocenters. The Morgan fingerprint density at radius 2 is 2.36 bits per heavy atom. The van der Waals surface area contributed by atoms with Gasteiger partial charge in [0.15, 0.2) is 0 Å². The number of imidazole rings is 1. The number of nitrogens with one attached hydrogen (secondary N) is 2. The summed E-state index contributed by atoms with van der Waals surface area (Å²) < 4.78 is 0. The van der Waals surface area contributed by atoms with Crippen molar-refractivity contribution in [1.29, 1.82) is 0 Å². The summed E-state index contributed by atoms with van der Waals surface area (Å²) in [5, 5.41) is 3.43. The van der Waals surface area contributed by atoms with Gasteiger partial charge in [-0.25, -0.2) is 4.98 Å². The first-order chi connectivity index (χ1) is 6.92. The maximum atomic E-state index is 4.18. The summed E-state index contributed by atoms with van der Waals surface area (Å²) in [5.74, 6) is 0. The smallest absolute Gasteiger partial charge is 0.0931 e.